The van der Waals surface area contributed by atoms with E-state index in [1.54, 1.807) is 30.3 Å². The van der Waals surface area contributed by atoms with E-state index < -0.39 is 4.92 Å². The number of hydrogen-bond donors (Lipinski definition) is 1. The summed E-state index contributed by atoms with van der Waals surface area (Å²) >= 11 is 0. The van der Waals surface area contributed by atoms with Crippen LogP contribution in [0.1, 0.15) is 15.9 Å². The summed E-state index contributed by atoms with van der Waals surface area (Å²) in [6, 6.07) is 19.2. The number of nitro groups is 1. The van der Waals surface area contributed by atoms with Gasteiger partial charge in [-0.05, 0) is 29.0 Å². The number of nitrogens with zero attached hydrogens (tertiary/aromatic N) is 2. The average Bonchev–Trinajstić information content (AvgIpc) is 2.61. The first-order chi connectivity index (χ1) is 11.6. The van der Waals surface area contributed by atoms with Crippen molar-refractivity contribution in [3.63, 3.8) is 0 Å². The van der Waals surface area contributed by atoms with E-state index in [4.69, 9.17) is 0 Å². The van der Waals surface area contributed by atoms with Gasteiger partial charge in [-0.1, -0.05) is 42.5 Å². The molecule has 6 nitrogen and oxygen atoms in total. The Morgan fingerprint density at radius 1 is 1.00 bits per heavy atom. The Balaban J connectivity index is 1.76. The van der Waals surface area contributed by atoms with Crippen LogP contribution in [0.15, 0.2) is 71.8 Å². The lowest BCUT2D eigenvalue weighted by Crippen LogP contribution is -2.17. The summed E-state index contributed by atoms with van der Waals surface area (Å²) in [7, 11) is 0. The molecule has 0 aromatic heterocycles. The summed E-state index contributed by atoms with van der Waals surface area (Å²) in [6.45, 7) is 0. The molecule has 0 fully saturated rings. The van der Waals surface area contributed by atoms with Gasteiger partial charge in [-0.15, -0.1) is 0 Å². The largest absolute Gasteiger partial charge is 0.278 e. The minimum atomic E-state index is -0.494. The maximum absolute atomic E-state index is 12.1. The minimum Gasteiger partial charge on any atom is -0.267 e. The van der Waals surface area contributed by atoms with E-state index in [2.05, 4.69) is 10.5 Å². The number of fused-ring (bicyclic) bond motifs is 1. The van der Waals surface area contributed by atoms with Crippen molar-refractivity contribution in [3.8, 4) is 0 Å². The lowest BCUT2D eigenvalue weighted by molar-refractivity contribution is -0.385. The number of rotatable bonds is 4. The van der Waals surface area contributed by atoms with E-state index in [0.29, 0.717) is 11.1 Å². The topological polar surface area (TPSA) is 84.6 Å². The number of para-hydroxylation sites is 1. The molecule has 0 aliphatic rings. The number of hydrogen-bond acceptors (Lipinski definition) is 4. The van der Waals surface area contributed by atoms with Gasteiger partial charge < -0.3 is 0 Å². The van der Waals surface area contributed by atoms with Crippen molar-refractivity contribution in [1.82, 2.24) is 5.43 Å². The first-order valence-corrected chi connectivity index (χ1v) is 7.21. The summed E-state index contributed by atoms with van der Waals surface area (Å²) in [4.78, 5) is 22.6. The molecule has 1 N–H and O–H groups in total. The number of nitrogens with one attached hydrogen (secondary N) is 1. The van der Waals surface area contributed by atoms with Gasteiger partial charge in [0, 0.05) is 11.6 Å². The van der Waals surface area contributed by atoms with E-state index in [-0.39, 0.29) is 11.6 Å². The van der Waals surface area contributed by atoms with Crippen LogP contribution in [0.2, 0.25) is 0 Å². The van der Waals surface area contributed by atoms with Gasteiger partial charge >= 0.3 is 0 Å². The molecule has 6 heteroatoms. The van der Waals surface area contributed by atoms with Gasteiger partial charge in [-0.25, -0.2) is 5.43 Å². The summed E-state index contributed by atoms with van der Waals surface area (Å²) in [5.41, 5.74) is 3.10. The van der Waals surface area contributed by atoms with Crippen molar-refractivity contribution in [1.29, 1.82) is 0 Å². The Kier molecular flexibility index (Phi) is 4.29. The summed E-state index contributed by atoms with van der Waals surface area (Å²) < 4.78 is 0. The lowest BCUT2D eigenvalue weighted by atomic mass is 10.1. The molecule has 0 aliphatic heterocycles. The van der Waals surface area contributed by atoms with Gasteiger partial charge in [-0.3, -0.25) is 14.9 Å². The van der Waals surface area contributed by atoms with Gasteiger partial charge in [0.15, 0.2) is 0 Å². The van der Waals surface area contributed by atoms with Crippen LogP contribution < -0.4 is 5.43 Å². The fraction of sp³-hybridized carbons (Fsp3) is 0. The molecule has 24 heavy (non-hydrogen) atoms. The third-order valence-electron chi connectivity index (χ3n) is 3.51. The van der Waals surface area contributed by atoms with Crippen LogP contribution in [-0.2, 0) is 0 Å². The summed E-state index contributed by atoms with van der Waals surface area (Å²) in [5.74, 6) is -0.379. The van der Waals surface area contributed by atoms with Crippen molar-refractivity contribution in [2.45, 2.75) is 0 Å². The molecule has 1 amide bonds. The Morgan fingerprint density at radius 3 is 2.50 bits per heavy atom. The van der Waals surface area contributed by atoms with Crippen LogP contribution in [0, 0.1) is 10.1 Å². The second kappa shape index (κ2) is 6.70. The summed E-state index contributed by atoms with van der Waals surface area (Å²) in [6.07, 6.45) is 1.26. The molecule has 0 aliphatic carbocycles. The number of hydrazone groups is 1. The highest BCUT2D eigenvalue weighted by atomic mass is 16.6. The first kappa shape index (κ1) is 15.4. The van der Waals surface area contributed by atoms with Crippen LogP contribution in [0.3, 0.4) is 0 Å². The maximum Gasteiger partial charge on any atom is 0.278 e. The van der Waals surface area contributed by atoms with Crippen molar-refractivity contribution in [2.75, 3.05) is 0 Å². The van der Waals surface area contributed by atoms with Gasteiger partial charge in [0.05, 0.1) is 16.7 Å². The van der Waals surface area contributed by atoms with Crippen molar-refractivity contribution < 1.29 is 9.72 Å². The maximum atomic E-state index is 12.1. The molecular formula is C18H13N3O3. The molecule has 118 valence electrons. The fourth-order valence-corrected chi connectivity index (χ4v) is 2.32. The third kappa shape index (κ3) is 3.27. The smallest absolute Gasteiger partial charge is 0.267 e. The van der Waals surface area contributed by atoms with E-state index >= 15 is 0 Å². The second-order valence-corrected chi connectivity index (χ2v) is 5.08. The Labute approximate surface area is 137 Å². The molecule has 0 spiro atoms. The highest BCUT2D eigenvalue weighted by Gasteiger charge is 2.10. The van der Waals surface area contributed by atoms with Crippen LogP contribution in [0.5, 0.6) is 0 Å². The van der Waals surface area contributed by atoms with Gasteiger partial charge in [0.2, 0.25) is 0 Å². The molecule has 3 rings (SSSR count). The zero-order valence-corrected chi connectivity index (χ0v) is 12.5. The Bertz CT molecular complexity index is 951. The van der Waals surface area contributed by atoms with Gasteiger partial charge in [0.1, 0.15) is 0 Å². The molecule has 0 unspecified atom stereocenters. The van der Waals surface area contributed by atoms with E-state index in [1.807, 2.05) is 30.3 Å². The number of carbonyl (C=O) groups is 1. The van der Waals surface area contributed by atoms with Crippen molar-refractivity contribution in [2.24, 2.45) is 5.10 Å². The predicted octanol–water partition coefficient (Wildman–Crippen LogP) is 3.51. The highest BCUT2D eigenvalue weighted by Crippen LogP contribution is 2.16. The molecule has 3 aromatic rings. The molecule has 0 bridgehead atoms. The molecule has 0 atom stereocenters. The zero-order valence-electron chi connectivity index (χ0n) is 12.5. The standard InChI is InChI=1S/C18H13N3O3/c22-18(15-10-9-13-5-1-2-6-14(13)11-15)20-19-12-16-7-3-4-8-17(16)21(23)24/h1-12H,(H,20,22)/b19-12+. The van der Waals surface area contributed by atoms with Crippen LogP contribution in [0.25, 0.3) is 10.8 Å². The summed E-state index contributed by atoms with van der Waals surface area (Å²) in [5, 5.41) is 16.7. The molecule has 0 radical (unpaired) electrons. The normalized spacial score (nSPS) is 10.8. The number of benzene rings is 3. The Morgan fingerprint density at radius 2 is 1.71 bits per heavy atom. The van der Waals surface area contributed by atoms with E-state index in [0.717, 1.165) is 10.8 Å². The SMILES string of the molecule is O=C(N/N=C/c1ccccc1[N+](=O)[O-])c1ccc2ccccc2c1. The third-order valence-corrected chi connectivity index (χ3v) is 3.51. The molecule has 3 aromatic carbocycles. The molecule has 0 saturated carbocycles. The van der Waals surface area contributed by atoms with Gasteiger partial charge in [0.25, 0.3) is 11.6 Å². The van der Waals surface area contributed by atoms with Crippen molar-refractivity contribution in [3.05, 3.63) is 88.0 Å². The van der Waals surface area contributed by atoms with E-state index in [1.165, 1.54) is 12.3 Å². The van der Waals surface area contributed by atoms with Crippen LogP contribution in [-0.4, -0.2) is 17.0 Å². The predicted molar refractivity (Wildman–Crippen MR) is 92.1 cm³/mol. The van der Waals surface area contributed by atoms with Crippen molar-refractivity contribution >= 4 is 28.6 Å². The molecule has 0 heterocycles. The zero-order chi connectivity index (χ0) is 16.9. The highest BCUT2D eigenvalue weighted by molar-refractivity contribution is 5.99. The molecule has 0 saturated heterocycles. The molecular weight excluding hydrogens is 306 g/mol. The second-order valence-electron chi connectivity index (χ2n) is 5.08. The Hall–Kier alpha value is -3.54. The minimum absolute atomic E-state index is 0.0683. The lowest BCUT2D eigenvalue weighted by Gasteiger charge is -2.02. The average molecular weight is 319 g/mol. The van der Waals surface area contributed by atoms with Crippen LogP contribution in [0.4, 0.5) is 5.69 Å². The number of carbonyl (C=O) groups excluding carboxylic acids is 1. The number of nitro benzene ring substituents is 1. The number of amides is 1. The van der Waals surface area contributed by atoms with Crippen LogP contribution >= 0.6 is 0 Å². The quantitative estimate of drug-likeness (QED) is 0.453. The first-order valence-electron chi connectivity index (χ1n) is 7.21. The monoisotopic (exact) mass is 319 g/mol. The van der Waals surface area contributed by atoms with Gasteiger partial charge in [-0.2, -0.15) is 5.10 Å². The fourth-order valence-electron chi connectivity index (χ4n) is 2.32. The van der Waals surface area contributed by atoms with E-state index in [9.17, 15) is 14.9 Å².